The van der Waals surface area contributed by atoms with Crippen LogP contribution in [0.4, 0.5) is 0 Å². The van der Waals surface area contributed by atoms with E-state index < -0.39 is 0 Å². The van der Waals surface area contributed by atoms with Crippen molar-refractivity contribution in [3.8, 4) is 5.69 Å². The molecule has 0 atom stereocenters. The van der Waals surface area contributed by atoms with Crippen LogP contribution in [0.25, 0.3) is 5.69 Å². The third kappa shape index (κ3) is 2.47. The van der Waals surface area contributed by atoms with Gasteiger partial charge in [-0.05, 0) is 18.2 Å². The molecule has 0 aliphatic carbocycles. The number of hydrogen-bond acceptors (Lipinski definition) is 1. The summed E-state index contributed by atoms with van der Waals surface area (Å²) in [5, 5.41) is 3.98. The Kier molecular flexibility index (Phi) is 3.30. The van der Waals surface area contributed by atoms with Gasteiger partial charge in [-0.1, -0.05) is 44.0 Å². The highest BCUT2D eigenvalue weighted by molar-refractivity contribution is 6.42. The van der Waals surface area contributed by atoms with Gasteiger partial charge in [0.15, 0.2) is 0 Å². The van der Waals surface area contributed by atoms with Crippen molar-refractivity contribution in [2.75, 3.05) is 0 Å². The first-order valence-electron chi connectivity index (χ1n) is 5.57. The Balaban J connectivity index is 2.55. The van der Waals surface area contributed by atoms with Gasteiger partial charge in [-0.25, -0.2) is 4.68 Å². The fraction of sp³-hybridized carbons (Fsp3) is 0.308. The molecular formula is C13H14Cl2N2O. The fourth-order valence-electron chi connectivity index (χ4n) is 1.60. The third-order valence-electron chi connectivity index (χ3n) is 2.69. The topological polar surface area (TPSA) is 37.8 Å². The second kappa shape index (κ2) is 4.48. The average Bonchev–Trinajstić information content (AvgIpc) is 2.64. The van der Waals surface area contributed by atoms with Gasteiger partial charge < -0.3 is 0 Å². The number of halogens is 2. The molecule has 1 aromatic carbocycles. The van der Waals surface area contributed by atoms with Crippen molar-refractivity contribution in [1.82, 2.24) is 9.78 Å². The van der Waals surface area contributed by atoms with E-state index in [2.05, 4.69) is 5.10 Å². The summed E-state index contributed by atoms with van der Waals surface area (Å²) < 4.78 is 1.46. The normalized spacial score (nSPS) is 11.8. The van der Waals surface area contributed by atoms with Gasteiger partial charge >= 0.3 is 0 Å². The third-order valence-corrected chi connectivity index (χ3v) is 3.43. The van der Waals surface area contributed by atoms with Gasteiger partial charge in [0.1, 0.15) is 0 Å². The molecule has 1 N–H and O–H groups in total. The van der Waals surface area contributed by atoms with Crippen molar-refractivity contribution in [3.63, 3.8) is 0 Å². The van der Waals surface area contributed by atoms with Crippen LogP contribution in [0.5, 0.6) is 0 Å². The van der Waals surface area contributed by atoms with Crippen LogP contribution < -0.4 is 5.56 Å². The van der Waals surface area contributed by atoms with E-state index in [1.807, 2.05) is 20.8 Å². The van der Waals surface area contributed by atoms with Crippen LogP contribution in [0.2, 0.25) is 10.0 Å². The molecule has 0 spiro atoms. The molecule has 5 heteroatoms. The molecule has 0 unspecified atom stereocenters. The van der Waals surface area contributed by atoms with Gasteiger partial charge in [0.05, 0.1) is 15.7 Å². The van der Waals surface area contributed by atoms with E-state index in [1.54, 1.807) is 24.3 Å². The highest BCUT2D eigenvalue weighted by Crippen LogP contribution is 2.24. The van der Waals surface area contributed by atoms with Gasteiger partial charge in [0, 0.05) is 17.2 Å². The van der Waals surface area contributed by atoms with Crippen LogP contribution in [-0.4, -0.2) is 9.78 Å². The first-order chi connectivity index (χ1) is 8.29. The van der Waals surface area contributed by atoms with Crippen molar-refractivity contribution in [1.29, 1.82) is 0 Å². The summed E-state index contributed by atoms with van der Waals surface area (Å²) in [5.41, 5.74) is 1.32. The number of rotatable bonds is 1. The highest BCUT2D eigenvalue weighted by Gasteiger charge is 2.18. The predicted molar refractivity (Wildman–Crippen MR) is 75.1 cm³/mol. The van der Waals surface area contributed by atoms with Crippen LogP contribution in [0.3, 0.4) is 0 Å². The average molecular weight is 285 g/mol. The minimum Gasteiger partial charge on any atom is -0.294 e. The maximum absolute atomic E-state index is 11.9. The molecule has 0 saturated heterocycles. The van der Waals surface area contributed by atoms with Crippen LogP contribution in [0, 0.1) is 0 Å². The summed E-state index contributed by atoms with van der Waals surface area (Å²) >= 11 is 11.8. The first kappa shape index (κ1) is 13.2. The molecule has 18 heavy (non-hydrogen) atoms. The number of aromatic amines is 1. The molecule has 0 bridgehead atoms. The lowest BCUT2D eigenvalue weighted by Gasteiger charge is -2.15. The number of aromatic nitrogens is 2. The van der Waals surface area contributed by atoms with Gasteiger partial charge in [-0.3, -0.25) is 9.89 Å². The molecule has 2 rings (SSSR count). The molecule has 0 aliphatic heterocycles. The Morgan fingerprint density at radius 2 is 1.78 bits per heavy atom. The number of benzene rings is 1. The van der Waals surface area contributed by atoms with E-state index >= 15 is 0 Å². The molecule has 2 aromatic rings. The standard InChI is InChI=1S/C13H14Cl2N2O/c1-13(2,3)11-7-12(18)17(16-11)8-4-5-9(14)10(15)6-8/h4-7,16H,1-3H3. The van der Waals surface area contributed by atoms with Crippen LogP contribution in [0.15, 0.2) is 29.1 Å². The Morgan fingerprint density at radius 3 is 2.28 bits per heavy atom. The summed E-state index contributed by atoms with van der Waals surface area (Å²) in [7, 11) is 0. The minimum atomic E-state index is -0.113. The number of nitrogens with zero attached hydrogens (tertiary/aromatic N) is 1. The minimum absolute atomic E-state index is 0.110. The SMILES string of the molecule is CC(C)(C)c1cc(=O)n(-c2ccc(Cl)c(Cl)c2)[nH]1. The molecular weight excluding hydrogens is 271 g/mol. The van der Waals surface area contributed by atoms with Crippen LogP contribution >= 0.6 is 23.2 Å². The zero-order valence-electron chi connectivity index (χ0n) is 10.4. The Hall–Kier alpha value is -1.19. The van der Waals surface area contributed by atoms with E-state index in [0.717, 1.165) is 5.69 Å². The second-order valence-corrected chi connectivity index (χ2v) is 6.01. The quantitative estimate of drug-likeness (QED) is 0.851. The van der Waals surface area contributed by atoms with Crippen molar-refractivity contribution < 1.29 is 0 Å². The summed E-state index contributed by atoms with van der Waals surface area (Å²) in [6.07, 6.45) is 0. The number of hydrogen-bond donors (Lipinski definition) is 1. The molecule has 1 heterocycles. The summed E-state index contributed by atoms with van der Waals surface area (Å²) in [5.74, 6) is 0. The molecule has 96 valence electrons. The van der Waals surface area contributed by atoms with Crippen molar-refractivity contribution >= 4 is 23.2 Å². The van der Waals surface area contributed by atoms with E-state index in [0.29, 0.717) is 15.7 Å². The van der Waals surface area contributed by atoms with E-state index in [4.69, 9.17) is 23.2 Å². The Morgan fingerprint density at radius 1 is 1.11 bits per heavy atom. The van der Waals surface area contributed by atoms with Gasteiger partial charge in [-0.15, -0.1) is 0 Å². The smallest absolute Gasteiger partial charge is 0.271 e. The molecule has 0 saturated carbocycles. The van der Waals surface area contributed by atoms with Crippen LogP contribution in [-0.2, 0) is 5.41 Å². The van der Waals surface area contributed by atoms with Crippen LogP contribution in [0.1, 0.15) is 26.5 Å². The Bertz CT molecular complexity index is 635. The summed E-state index contributed by atoms with van der Waals surface area (Å²) in [6, 6.07) is 6.68. The first-order valence-corrected chi connectivity index (χ1v) is 6.32. The van der Waals surface area contributed by atoms with E-state index in [-0.39, 0.29) is 11.0 Å². The summed E-state index contributed by atoms with van der Waals surface area (Å²) in [4.78, 5) is 11.9. The molecule has 3 nitrogen and oxygen atoms in total. The number of nitrogens with one attached hydrogen (secondary N) is 1. The van der Waals surface area contributed by atoms with E-state index in [9.17, 15) is 4.79 Å². The van der Waals surface area contributed by atoms with Crippen molar-refractivity contribution in [3.05, 3.63) is 50.4 Å². The molecule has 0 fully saturated rings. The van der Waals surface area contributed by atoms with Gasteiger partial charge in [-0.2, -0.15) is 0 Å². The zero-order chi connectivity index (χ0) is 13.5. The fourth-order valence-corrected chi connectivity index (χ4v) is 1.89. The predicted octanol–water partition coefficient (Wildman–Crippen LogP) is 3.77. The lowest BCUT2D eigenvalue weighted by molar-refractivity contribution is 0.560. The Labute approximate surface area is 115 Å². The zero-order valence-corrected chi connectivity index (χ0v) is 11.9. The molecule has 0 amide bonds. The van der Waals surface area contributed by atoms with Crippen molar-refractivity contribution in [2.24, 2.45) is 0 Å². The number of H-pyrrole nitrogens is 1. The van der Waals surface area contributed by atoms with Gasteiger partial charge in [0.25, 0.3) is 5.56 Å². The van der Waals surface area contributed by atoms with Crippen molar-refractivity contribution in [2.45, 2.75) is 26.2 Å². The highest BCUT2D eigenvalue weighted by atomic mass is 35.5. The summed E-state index contributed by atoms with van der Waals surface area (Å²) in [6.45, 7) is 6.12. The maximum atomic E-state index is 11.9. The molecule has 0 radical (unpaired) electrons. The molecule has 1 aromatic heterocycles. The lowest BCUT2D eigenvalue weighted by atomic mass is 9.93. The van der Waals surface area contributed by atoms with Gasteiger partial charge in [0.2, 0.25) is 0 Å². The largest absolute Gasteiger partial charge is 0.294 e. The monoisotopic (exact) mass is 284 g/mol. The second-order valence-electron chi connectivity index (χ2n) is 5.19. The van der Waals surface area contributed by atoms with E-state index in [1.165, 1.54) is 4.68 Å². The molecule has 0 aliphatic rings. The lowest BCUT2D eigenvalue weighted by Crippen LogP contribution is -2.14. The maximum Gasteiger partial charge on any atom is 0.271 e.